The fraction of sp³-hybridized carbons (Fsp3) is 0.750. The van der Waals surface area contributed by atoms with Crippen molar-refractivity contribution < 1.29 is 9.53 Å². The lowest BCUT2D eigenvalue weighted by molar-refractivity contribution is -0.142. The van der Waals surface area contributed by atoms with Gasteiger partial charge in [0.05, 0.1) is 12.6 Å². The zero-order valence-corrected chi connectivity index (χ0v) is 9.26. The van der Waals surface area contributed by atoms with Crippen LogP contribution in [0.1, 0.15) is 32.6 Å². The number of nitrogens with zero attached hydrogens (tertiary/aromatic N) is 4. The van der Waals surface area contributed by atoms with Gasteiger partial charge in [-0.1, -0.05) is 0 Å². The normalized spacial score (nSPS) is 13.7. The highest BCUT2D eigenvalue weighted by Gasteiger charge is 2.24. The van der Waals surface area contributed by atoms with Crippen LogP contribution >= 0.6 is 0 Å². The van der Waals surface area contributed by atoms with E-state index in [0.29, 0.717) is 0 Å². The van der Waals surface area contributed by atoms with Gasteiger partial charge in [-0.25, -0.2) is 4.79 Å². The van der Waals surface area contributed by atoms with Crippen LogP contribution in [0, 0.1) is 0 Å². The second-order valence-corrected chi connectivity index (χ2v) is 4.11. The van der Waals surface area contributed by atoms with Gasteiger partial charge in [0, 0.05) is 0 Å². The van der Waals surface area contributed by atoms with Gasteiger partial charge in [-0.15, -0.1) is 10.2 Å². The van der Waals surface area contributed by atoms with Gasteiger partial charge in [0.15, 0.2) is 6.04 Å². The van der Waals surface area contributed by atoms with Crippen molar-refractivity contribution in [3.05, 3.63) is 5.82 Å². The number of esters is 1. The highest BCUT2D eigenvalue weighted by Crippen LogP contribution is 2.11. The van der Waals surface area contributed by atoms with E-state index in [-0.39, 0.29) is 11.4 Å². The third kappa shape index (κ3) is 2.50. The van der Waals surface area contributed by atoms with Crippen LogP contribution in [0.25, 0.3) is 0 Å². The van der Waals surface area contributed by atoms with Crippen LogP contribution in [-0.2, 0) is 15.1 Å². The minimum absolute atomic E-state index is 0.164. The van der Waals surface area contributed by atoms with Gasteiger partial charge in [-0.2, -0.15) is 4.80 Å². The summed E-state index contributed by atoms with van der Waals surface area (Å²) in [6, 6.07) is -0.980. The molecule has 2 N–H and O–H groups in total. The number of carbonyl (C=O) groups excluding carboxylic acids is 1. The smallest absolute Gasteiger partial charge is 0.330 e. The Kier molecular flexibility index (Phi) is 3.04. The molecular formula is C8H15N5O2. The Bertz CT molecular complexity index is 354. The average molecular weight is 213 g/mol. The molecule has 15 heavy (non-hydrogen) atoms. The number of hydrogen-bond acceptors (Lipinski definition) is 6. The van der Waals surface area contributed by atoms with Gasteiger partial charge < -0.3 is 10.5 Å². The second kappa shape index (κ2) is 3.93. The van der Waals surface area contributed by atoms with Crippen LogP contribution in [0.2, 0.25) is 0 Å². The molecular weight excluding hydrogens is 198 g/mol. The summed E-state index contributed by atoms with van der Waals surface area (Å²) in [5.74, 6) is -0.416. The largest absolute Gasteiger partial charge is 0.468 e. The molecule has 1 atom stereocenters. The zero-order valence-electron chi connectivity index (χ0n) is 9.26. The molecule has 0 aliphatic heterocycles. The van der Waals surface area contributed by atoms with Gasteiger partial charge in [-0.05, 0) is 26.0 Å². The predicted molar refractivity (Wildman–Crippen MR) is 51.8 cm³/mol. The first-order valence-corrected chi connectivity index (χ1v) is 4.50. The number of hydrogen-bond donors (Lipinski definition) is 1. The molecule has 0 saturated carbocycles. The standard InChI is InChI=1S/C8H15N5O2/c1-8(2,3)13-11-6(10-12-13)5(9)7(14)15-4/h5H,9H2,1-4H3. The van der Waals surface area contributed by atoms with E-state index >= 15 is 0 Å². The van der Waals surface area contributed by atoms with Crippen LogP contribution < -0.4 is 5.73 Å². The van der Waals surface area contributed by atoms with E-state index in [1.165, 1.54) is 11.9 Å². The average Bonchev–Trinajstić information content (AvgIpc) is 2.63. The first-order valence-electron chi connectivity index (χ1n) is 4.50. The lowest BCUT2D eigenvalue weighted by Crippen LogP contribution is -2.27. The van der Waals surface area contributed by atoms with E-state index in [1.54, 1.807) is 0 Å². The van der Waals surface area contributed by atoms with E-state index in [1.807, 2.05) is 20.8 Å². The zero-order chi connectivity index (χ0) is 11.6. The van der Waals surface area contributed by atoms with Crippen LogP contribution in [0.15, 0.2) is 0 Å². The highest BCUT2D eigenvalue weighted by atomic mass is 16.5. The molecule has 0 spiro atoms. The molecule has 0 saturated heterocycles. The summed E-state index contributed by atoms with van der Waals surface area (Å²) in [5, 5.41) is 11.5. The number of nitrogens with two attached hydrogens (primary N) is 1. The Labute approximate surface area is 87.6 Å². The molecule has 0 radical (unpaired) electrons. The Morgan fingerprint density at radius 2 is 2.13 bits per heavy atom. The van der Waals surface area contributed by atoms with Crippen LogP contribution in [0.4, 0.5) is 0 Å². The molecule has 0 aromatic carbocycles. The van der Waals surface area contributed by atoms with Crippen molar-refractivity contribution in [1.82, 2.24) is 20.2 Å². The fourth-order valence-electron chi connectivity index (χ4n) is 0.866. The molecule has 1 rings (SSSR count). The molecule has 7 nitrogen and oxygen atoms in total. The summed E-state index contributed by atoms with van der Waals surface area (Å²) in [6.45, 7) is 5.76. The topological polar surface area (TPSA) is 95.9 Å². The number of tetrazole rings is 1. The van der Waals surface area contributed by atoms with Crippen LogP contribution in [-0.4, -0.2) is 33.3 Å². The number of ether oxygens (including phenoxy) is 1. The van der Waals surface area contributed by atoms with Gasteiger partial charge in [0.1, 0.15) is 0 Å². The molecule has 0 bridgehead atoms. The number of carbonyl (C=O) groups is 1. The Morgan fingerprint density at radius 3 is 2.53 bits per heavy atom. The van der Waals surface area contributed by atoms with Crippen molar-refractivity contribution in [1.29, 1.82) is 0 Å². The molecule has 0 aliphatic rings. The Balaban J connectivity index is 2.89. The van der Waals surface area contributed by atoms with Gasteiger partial charge >= 0.3 is 5.97 Å². The third-order valence-corrected chi connectivity index (χ3v) is 1.76. The number of methoxy groups -OCH3 is 1. The molecule has 1 aromatic rings. The van der Waals surface area contributed by atoms with E-state index in [9.17, 15) is 4.79 Å². The molecule has 7 heteroatoms. The van der Waals surface area contributed by atoms with Crippen molar-refractivity contribution in [2.24, 2.45) is 5.73 Å². The third-order valence-electron chi connectivity index (χ3n) is 1.76. The van der Waals surface area contributed by atoms with Gasteiger partial charge in [0.25, 0.3) is 0 Å². The molecule has 0 aliphatic carbocycles. The van der Waals surface area contributed by atoms with E-state index in [0.717, 1.165) is 0 Å². The number of aromatic nitrogens is 4. The summed E-state index contributed by atoms with van der Waals surface area (Å²) < 4.78 is 4.48. The van der Waals surface area contributed by atoms with Crippen molar-refractivity contribution in [2.45, 2.75) is 32.4 Å². The summed E-state index contributed by atoms with van der Waals surface area (Å²) in [4.78, 5) is 12.5. The number of rotatable bonds is 2. The predicted octanol–water partition coefficient (Wildman–Crippen LogP) is -0.399. The maximum atomic E-state index is 11.1. The van der Waals surface area contributed by atoms with E-state index in [4.69, 9.17) is 5.73 Å². The van der Waals surface area contributed by atoms with Crippen molar-refractivity contribution >= 4 is 5.97 Å². The molecule has 0 amide bonds. The second-order valence-electron chi connectivity index (χ2n) is 4.11. The molecule has 84 valence electrons. The maximum absolute atomic E-state index is 11.1. The lowest BCUT2D eigenvalue weighted by atomic mass is 10.1. The molecule has 1 aromatic heterocycles. The van der Waals surface area contributed by atoms with Gasteiger partial charge in [0.2, 0.25) is 5.82 Å². The van der Waals surface area contributed by atoms with Crippen molar-refractivity contribution in [2.75, 3.05) is 7.11 Å². The van der Waals surface area contributed by atoms with Crippen molar-refractivity contribution in [3.8, 4) is 0 Å². The summed E-state index contributed by atoms with van der Waals surface area (Å²) >= 11 is 0. The van der Waals surface area contributed by atoms with Gasteiger partial charge in [-0.3, -0.25) is 0 Å². The quantitative estimate of drug-likeness (QED) is 0.671. The molecule has 1 unspecified atom stereocenters. The molecule has 0 fully saturated rings. The van der Waals surface area contributed by atoms with Crippen LogP contribution in [0.5, 0.6) is 0 Å². The monoisotopic (exact) mass is 213 g/mol. The summed E-state index contributed by atoms with van der Waals surface area (Å²) in [7, 11) is 1.26. The van der Waals surface area contributed by atoms with Crippen molar-refractivity contribution in [3.63, 3.8) is 0 Å². The lowest BCUT2D eigenvalue weighted by Gasteiger charge is -2.15. The minimum atomic E-state index is -0.980. The minimum Gasteiger partial charge on any atom is -0.468 e. The first kappa shape index (κ1) is 11.6. The fourth-order valence-corrected chi connectivity index (χ4v) is 0.866. The molecule has 1 heterocycles. The summed E-state index contributed by atoms with van der Waals surface area (Å²) in [5.41, 5.74) is 5.26. The first-order chi connectivity index (χ1) is 6.86. The van der Waals surface area contributed by atoms with Crippen LogP contribution in [0.3, 0.4) is 0 Å². The Hall–Kier alpha value is -1.50. The highest BCUT2D eigenvalue weighted by molar-refractivity contribution is 5.75. The SMILES string of the molecule is COC(=O)C(N)c1nnn(C(C)(C)C)n1. The van der Waals surface area contributed by atoms with E-state index in [2.05, 4.69) is 20.1 Å². The Morgan fingerprint density at radius 1 is 1.53 bits per heavy atom. The summed E-state index contributed by atoms with van der Waals surface area (Å²) in [6.07, 6.45) is 0. The van der Waals surface area contributed by atoms with E-state index < -0.39 is 12.0 Å². The maximum Gasteiger partial charge on any atom is 0.330 e.